The number of aryl methyl sites for hydroxylation is 2. The van der Waals surface area contributed by atoms with Crippen molar-refractivity contribution in [1.82, 2.24) is 4.31 Å². The van der Waals surface area contributed by atoms with Crippen LogP contribution in [0.15, 0.2) is 23.1 Å². The molecule has 1 aromatic rings. The van der Waals surface area contributed by atoms with E-state index in [9.17, 15) is 8.42 Å². The summed E-state index contributed by atoms with van der Waals surface area (Å²) in [5.74, 6) is 0. The first kappa shape index (κ1) is 16.1. The van der Waals surface area contributed by atoms with Gasteiger partial charge in [-0.3, -0.25) is 0 Å². The molecule has 0 radical (unpaired) electrons. The average molecular weight is 284 g/mol. The number of hydrogen-bond acceptors (Lipinski definition) is 3. The lowest BCUT2D eigenvalue weighted by molar-refractivity contribution is 0.406. The van der Waals surface area contributed by atoms with Gasteiger partial charge in [-0.1, -0.05) is 19.1 Å². The van der Waals surface area contributed by atoms with Gasteiger partial charge >= 0.3 is 0 Å². The normalized spacial score (nSPS) is 12.1. The molecule has 19 heavy (non-hydrogen) atoms. The molecule has 2 N–H and O–H groups in total. The van der Waals surface area contributed by atoms with Gasteiger partial charge in [-0.2, -0.15) is 4.31 Å². The van der Waals surface area contributed by atoms with Crippen LogP contribution in [0.3, 0.4) is 0 Å². The van der Waals surface area contributed by atoms with E-state index in [4.69, 9.17) is 5.73 Å². The molecule has 108 valence electrons. The Morgan fingerprint density at radius 1 is 1.21 bits per heavy atom. The van der Waals surface area contributed by atoms with Crippen LogP contribution in [-0.2, 0) is 10.0 Å². The molecule has 0 saturated carbocycles. The minimum absolute atomic E-state index is 0.415. The summed E-state index contributed by atoms with van der Waals surface area (Å²) in [5.41, 5.74) is 7.24. The third-order valence-corrected chi connectivity index (χ3v) is 5.09. The number of nitrogens with two attached hydrogens (primary N) is 1. The molecule has 0 aromatic heterocycles. The van der Waals surface area contributed by atoms with Gasteiger partial charge in [0.05, 0.1) is 4.90 Å². The van der Waals surface area contributed by atoms with E-state index in [0.717, 1.165) is 17.5 Å². The van der Waals surface area contributed by atoms with Crippen molar-refractivity contribution >= 4 is 10.0 Å². The van der Waals surface area contributed by atoms with E-state index in [1.54, 1.807) is 10.4 Å². The first-order chi connectivity index (χ1) is 8.93. The zero-order valence-electron chi connectivity index (χ0n) is 12.0. The van der Waals surface area contributed by atoms with Crippen LogP contribution in [0.5, 0.6) is 0 Å². The Morgan fingerprint density at radius 2 is 1.89 bits per heavy atom. The fourth-order valence-corrected chi connectivity index (χ4v) is 3.87. The largest absolute Gasteiger partial charge is 0.330 e. The molecule has 1 aromatic carbocycles. The Labute approximate surface area is 116 Å². The maximum absolute atomic E-state index is 12.7. The van der Waals surface area contributed by atoms with Crippen LogP contribution in [0.2, 0.25) is 0 Å². The molecule has 0 unspecified atom stereocenters. The van der Waals surface area contributed by atoms with Gasteiger partial charge in [-0.25, -0.2) is 8.42 Å². The zero-order chi connectivity index (χ0) is 14.5. The quantitative estimate of drug-likeness (QED) is 0.833. The van der Waals surface area contributed by atoms with E-state index in [2.05, 4.69) is 0 Å². The Hall–Kier alpha value is -0.910. The Kier molecular flexibility index (Phi) is 5.97. The highest BCUT2D eigenvalue weighted by molar-refractivity contribution is 7.89. The summed E-state index contributed by atoms with van der Waals surface area (Å²) in [6.45, 7) is 7.24. The van der Waals surface area contributed by atoms with Gasteiger partial charge in [0.1, 0.15) is 0 Å². The molecule has 0 heterocycles. The third-order valence-electron chi connectivity index (χ3n) is 3.05. The predicted molar refractivity (Wildman–Crippen MR) is 78.6 cm³/mol. The first-order valence-electron chi connectivity index (χ1n) is 6.71. The maximum atomic E-state index is 12.7. The van der Waals surface area contributed by atoms with E-state index in [-0.39, 0.29) is 0 Å². The second-order valence-electron chi connectivity index (χ2n) is 4.82. The molecule has 0 aliphatic carbocycles. The van der Waals surface area contributed by atoms with Crippen molar-refractivity contribution in [2.24, 2.45) is 5.73 Å². The minimum atomic E-state index is -3.41. The Morgan fingerprint density at radius 3 is 2.47 bits per heavy atom. The maximum Gasteiger partial charge on any atom is 0.243 e. The molecule has 0 aliphatic heterocycles. The van der Waals surface area contributed by atoms with Gasteiger partial charge in [0.2, 0.25) is 10.0 Å². The molecule has 0 aliphatic rings. The Bertz CT molecular complexity index is 512. The summed E-state index contributed by atoms with van der Waals surface area (Å²) in [5, 5.41) is 0. The second kappa shape index (κ2) is 7.03. The summed E-state index contributed by atoms with van der Waals surface area (Å²) in [7, 11) is -3.41. The van der Waals surface area contributed by atoms with Crippen LogP contribution in [0.1, 0.15) is 30.9 Å². The van der Waals surface area contributed by atoms with Crippen LogP contribution >= 0.6 is 0 Å². The molecule has 0 amide bonds. The fraction of sp³-hybridized carbons (Fsp3) is 0.571. The van der Waals surface area contributed by atoms with E-state index in [1.807, 2.05) is 32.9 Å². The van der Waals surface area contributed by atoms with Crippen LogP contribution in [0, 0.1) is 13.8 Å². The monoisotopic (exact) mass is 284 g/mol. The number of sulfonamides is 1. The van der Waals surface area contributed by atoms with Gasteiger partial charge in [0.25, 0.3) is 0 Å². The van der Waals surface area contributed by atoms with Crippen molar-refractivity contribution in [3.05, 3.63) is 29.3 Å². The van der Waals surface area contributed by atoms with Gasteiger partial charge in [0, 0.05) is 13.1 Å². The van der Waals surface area contributed by atoms with Gasteiger partial charge in [-0.15, -0.1) is 0 Å². The summed E-state index contributed by atoms with van der Waals surface area (Å²) < 4.78 is 26.9. The average Bonchev–Trinajstić information content (AvgIpc) is 2.37. The van der Waals surface area contributed by atoms with Crippen LogP contribution in [0.25, 0.3) is 0 Å². The summed E-state index contributed by atoms with van der Waals surface area (Å²) in [4.78, 5) is 0.415. The topological polar surface area (TPSA) is 63.4 Å². The molecule has 0 fully saturated rings. The molecule has 0 atom stereocenters. The van der Waals surface area contributed by atoms with E-state index >= 15 is 0 Å². The van der Waals surface area contributed by atoms with Gasteiger partial charge in [0.15, 0.2) is 0 Å². The third kappa shape index (κ3) is 4.03. The number of nitrogens with zero attached hydrogens (tertiary/aromatic N) is 1. The van der Waals surface area contributed by atoms with Crippen molar-refractivity contribution in [2.75, 3.05) is 19.6 Å². The SMILES string of the molecule is CCCN(CCCN)S(=O)(=O)c1cc(C)ccc1C. The summed E-state index contributed by atoms with van der Waals surface area (Å²) in [6.07, 6.45) is 1.48. The van der Waals surface area contributed by atoms with Crippen molar-refractivity contribution in [1.29, 1.82) is 0 Å². The van der Waals surface area contributed by atoms with Crippen molar-refractivity contribution in [3.8, 4) is 0 Å². The molecular formula is C14H24N2O2S. The molecule has 0 spiro atoms. The van der Waals surface area contributed by atoms with E-state index in [0.29, 0.717) is 31.0 Å². The zero-order valence-corrected chi connectivity index (χ0v) is 12.8. The number of rotatable bonds is 7. The molecule has 4 nitrogen and oxygen atoms in total. The van der Waals surface area contributed by atoms with Crippen LogP contribution < -0.4 is 5.73 Å². The number of hydrogen-bond donors (Lipinski definition) is 1. The molecule has 0 bridgehead atoms. The lowest BCUT2D eigenvalue weighted by Gasteiger charge is -2.22. The highest BCUT2D eigenvalue weighted by atomic mass is 32.2. The van der Waals surface area contributed by atoms with Gasteiger partial charge < -0.3 is 5.73 Å². The van der Waals surface area contributed by atoms with Crippen molar-refractivity contribution in [3.63, 3.8) is 0 Å². The molecule has 1 rings (SSSR count). The second-order valence-corrected chi connectivity index (χ2v) is 6.72. The van der Waals surface area contributed by atoms with Crippen molar-refractivity contribution in [2.45, 2.75) is 38.5 Å². The Balaban J connectivity index is 3.14. The molecular weight excluding hydrogens is 260 g/mol. The summed E-state index contributed by atoms with van der Waals surface area (Å²) in [6, 6.07) is 5.53. The fourth-order valence-electron chi connectivity index (χ4n) is 1.99. The lowest BCUT2D eigenvalue weighted by Crippen LogP contribution is -2.34. The van der Waals surface area contributed by atoms with E-state index in [1.165, 1.54) is 0 Å². The van der Waals surface area contributed by atoms with Crippen LogP contribution in [-0.4, -0.2) is 32.4 Å². The van der Waals surface area contributed by atoms with Gasteiger partial charge in [-0.05, 0) is 50.4 Å². The predicted octanol–water partition coefficient (Wildman–Crippen LogP) is 2.05. The first-order valence-corrected chi connectivity index (χ1v) is 8.15. The highest BCUT2D eigenvalue weighted by Gasteiger charge is 2.24. The van der Waals surface area contributed by atoms with Crippen molar-refractivity contribution < 1.29 is 8.42 Å². The van der Waals surface area contributed by atoms with Crippen LogP contribution in [0.4, 0.5) is 0 Å². The standard InChI is InChI=1S/C14H24N2O2S/c1-4-9-16(10-5-8-15)19(17,18)14-11-12(2)6-7-13(14)3/h6-7,11H,4-5,8-10,15H2,1-3H3. The van der Waals surface area contributed by atoms with E-state index < -0.39 is 10.0 Å². The minimum Gasteiger partial charge on any atom is -0.330 e. The summed E-state index contributed by atoms with van der Waals surface area (Å²) >= 11 is 0. The smallest absolute Gasteiger partial charge is 0.243 e. The number of benzene rings is 1. The molecule has 0 saturated heterocycles. The lowest BCUT2D eigenvalue weighted by atomic mass is 10.2. The molecule has 5 heteroatoms. The highest BCUT2D eigenvalue weighted by Crippen LogP contribution is 2.21.